The minimum absolute atomic E-state index is 0.00178. The van der Waals surface area contributed by atoms with Crippen LogP contribution >= 0.6 is 0 Å². The second kappa shape index (κ2) is 17.2. The highest BCUT2D eigenvalue weighted by Crippen LogP contribution is 2.47. The molecule has 0 fully saturated rings. The first kappa shape index (κ1) is 33.2. The summed E-state index contributed by atoms with van der Waals surface area (Å²) in [5.41, 5.74) is 8.19. The molecule has 0 aliphatic heterocycles. The summed E-state index contributed by atoms with van der Waals surface area (Å²) in [6, 6.07) is 37.0. The molecule has 338 valence electrons. The Morgan fingerprint density at radius 3 is 1.71 bits per heavy atom. The highest BCUT2D eigenvalue weighted by Gasteiger charge is 2.31. The average Bonchev–Trinajstić information content (AvgIpc) is 3.68. The topological polar surface area (TPSA) is 50.9 Å². The standard InChI is InChI=1S/C62H69N3O/c1-37(2)49-32-43(41-23-18-16-19-24-41)33-50(38(3)4)57(49)65-53-28-22-27-48(56(53)64-59(65)51-34-47(61(10,11)12)35-52(58(51)66)62(13,14)15)44-29-45(31-46(30-44)60(7,8)9)55-40(6)54(39(5)36-63-55)42-25-20-17-21-26-42/h16-38,66H,1-15H3/i1D3,2D3,3D3,4D3. The number of fused-ring (bicyclic) bond motifs is 1. The number of rotatable bonds is 8. The summed E-state index contributed by atoms with van der Waals surface area (Å²) in [4.78, 5) is 10.5. The normalized spacial score (nSPS) is 16.0. The minimum atomic E-state index is -3.26. The van der Waals surface area contributed by atoms with E-state index in [1.165, 1.54) is 16.7 Å². The van der Waals surface area contributed by atoms with Crippen LogP contribution in [0.15, 0.2) is 128 Å². The quantitative estimate of drug-likeness (QED) is 0.165. The van der Waals surface area contributed by atoms with Crippen molar-refractivity contribution in [3.05, 3.63) is 166 Å². The summed E-state index contributed by atoms with van der Waals surface area (Å²) in [6.45, 7) is 9.37. The van der Waals surface area contributed by atoms with E-state index in [0.717, 1.165) is 50.2 Å². The molecule has 0 aliphatic rings. The Morgan fingerprint density at radius 2 is 1.14 bits per heavy atom. The number of para-hydroxylation sites is 1. The van der Waals surface area contributed by atoms with Gasteiger partial charge in [-0.05, 0) is 140 Å². The van der Waals surface area contributed by atoms with Crippen molar-refractivity contribution in [3.63, 3.8) is 0 Å². The van der Waals surface area contributed by atoms with E-state index < -0.39 is 55.5 Å². The third kappa shape index (κ3) is 8.63. The first-order valence-electron chi connectivity index (χ1n) is 28.7. The summed E-state index contributed by atoms with van der Waals surface area (Å²) in [5.74, 6) is -4.75. The fourth-order valence-corrected chi connectivity index (χ4v) is 9.15. The molecule has 0 saturated heterocycles. The lowest BCUT2D eigenvalue weighted by Gasteiger charge is -2.28. The number of aromatic nitrogens is 3. The molecule has 0 amide bonds. The van der Waals surface area contributed by atoms with Gasteiger partial charge in [-0.2, -0.15) is 0 Å². The summed E-state index contributed by atoms with van der Waals surface area (Å²) in [6.07, 6.45) is 1.88. The van der Waals surface area contributed by atoms with Gasteiger partial charge in [0.2, 0.25) is 0 Å². The van der Waals surface area contributed by atoms with E-state index in [1.807, 2.05) is 91.1 Å². The van der Waals surface area contributed by atoms with Crippen LogP contribution in [0.1, 0.15) is 157 Å². The molecule has 0 saturated carbocycles. The van der Waals surface area contributed by atoms with E-state index in [4.69, 9.17) is 26.4 Å². The Bertz CT molecular complexity index is 3470. The zero-order valence-corrected chi connectivity index (χ0v) is 40.1. The number of aromatic hydroxyl groups is 1. The van der Waals surface area contributed by atoms with Gasteiger partial charge in [0.05, 0.1) is 28.0 Å². The Labute approximate surface area is 411 Å². The number of pyridine rings is 1. The number of benzene rings is 6. The number of nitrogens with zero attached hydrogens (tertiary/aromatic N) is 3. The van der Waals surface area contributed by atoms with E-state index in [2.05, 4.69) is 52.0 Å². The third-order valence-corrected chi connectivity index (χ3v) is 12.8. The van der Waals surface area contributed by atoms with Crippen LogP contribution in [0, 0.1) is 13.8 Å². The van der Waals surface area contributed by atoms with Crippen LogP contribution in [-0.2, 0) is 16.2 Å². The third-order valence-electron chi connectivity index (χ3n) is 12.8. The predicted molar refractivity (Wildman–Crippen MR) is 281 cm³/mol. The van der Waals surface area contributed by atoms with Gasteiger partial charge >= 0.3 is 0 Å². The fourth-order valence-electron chi connectivity index (χ4n) is 9.15. The van der Waals surface area contributed by atoms with Crippen molar-refractivity contribution in [1.29, 1.82) is 0 Å². The zero-order chi connectivity index (χ0) is 57.6. The molecule has 0 atom stereocenters. The molecule has 4 heteroatoms. The highest BCUT2D eigenvalue weighted by molar-refractivity contribution is 5.97. The number of phenols is 1. The van der Waals surface area contributed by atoms with E-state index >= 15 is 0 Å². The molecule has 8 aromatic rings. The monoisotopic (exact) mass is 884 g/mol. The minimum Gasteiger partial charge on any atom is -0.507 e. The van der Waals surface area contributed by atoms with Crippen molar-refractivity contribution < 1.29 is 21.6 Å². The zero-order valence-electron chi connectivity index (χ0n) is 52.1. The molecular weight excluding hydrogens is 803 g/mol. The van der Waals surface area contributed by atoms with Crippen molar-refractivity contribution in [2.45, 2.75) is 132 Å². The molecule has 66 heavy (non-hydrogen) atoms. The van der Waals surface area contributed by atoms with E-state index in [-0.39, 0.29) is 45.0 Å². The van der Waals surface area contributed by atoms with Crippen molar-refractivity contribution in [2.75, 3.05) is 0 Å². The van der Waals surface area contributed by atoms with Gasteiger partial charge in [-0.25, -0.2) is 4.98 Å². The molecule has 2 heterocycles. The van der Waals surface area contributed by atoms with E-state index in [0.29, 0.717) is 22.2 Å². The Morgan fingerprint density at radius 1 is 0.561 bits per heavy atom. The van der Waals surface area contributed by atoms with Crippen LogP contribution in [0.3, 0.4) is 0 Å². The van der Waals surface area contributed by atoms with Crippen molar-refractivity contribution in [3.8, 4) is 67.5 Å². The summed E-state index contributed by atoms with van der Waals surface area (Å²) in [7, 11) is 0. The molecular formula is C62H69N3O. The maximum absolute atomic E-state index is 12.8. The largest absolute Gasteiger partial charge is 0.507 e. The molecule has 0 unspecified atom stereocenters. The summed E-state index contributed by atoms with van der Waals surface area (Å²) in [5, 5.41) is 12.8. The number of aryl methyl sites for hydroxylation is 1. The second-order valence-electron chi connectivity index (χ2n) is 20.8. The molecule has 0 bridgehead atoms. The van der Waals surface area contributed by atoms with Crippen LogP contribution in [0.5, 0.6) is 5.75 Å². The van der Waals surface area contributed by atoms with Crippen LogP contribution in [-0.4, -0.2) is 19.6 Å². The molecule has 1 N–H and O–H groups in total. The molecule has 0 radical (unpaired) electrons. The number of hydrogen-bond donors (Lipinski definition) is 1. The van der Waals surface area contributed by atoms with Gasteiger partial charge in [0, 0.05) is 39.3 Å². The molecule has 8 rings (SSSR count). The molecule has 6 aromatic carbocycles. The van der Waals surface area contributed by atoms with Crippen molar-refractivity contribution in [2.24, 2.45) is 0 Å². The Hall–Kier alpha value is -6.26. The highest BCUT2D eigenvalue weighted by atomic mass is 16.3. The number of imidazole rings is 1. The number of phenolic OH excluding ortho intramolecular Hbond substituents is 1. The van der Waals surface area contributed by atoms with Crippen molar-refractivity contribution >= 4 is 11.0 Å². The van der Waals surface area contributed by atoms with Crippen LogP contribution in [0.4, 0.5) is 0 Å². The Kier molecular flexibility index (Phi) is 8.66. The average molecular weight is 884 g/mol. The summed E-state index contributed by atoms with van der Waals surface area (Å²) < 4.78 is 109. The first-order chi connectivity index (χ1) is 35.9. The van der Waals surface area contributed by atoms with E-state index in [1.54, 1.807) is 48.5 Å². The van der Waals surface area contributed by atoms with Gasteiger partial charge in [-0.1, -0.05) is 175 Å². The SMILES string of the molecule is [2H]C([2H])([2H])C(c1cc(-c2ccccc2)cc(C(C([2H])([2H])[2H])C([2H])([2H])[2H])c1-n1c(-c2cc(C(C)(C)C)cc(C(C)(C)C)c2O)nc2c(-c3cc(-c4ncc(C)c(-c5ccccc5)c4C)cc(C(C)(C)C)c3)cccc21)C([2H])([2H])[2H]. The van der Waals surface area contributed by atoms with E-state index in [9.17, 15) is 5.11 Å². The first-order valence-corrected chi connectivity index (χ1v) is 22.7. The van der Waals surface area contributed by atoms with Gasteiger partial charge in [0.25, 0.3) is 0 Å². The van der Waals surface area contributed by atoms with Crippen LogP contribution in [0.2, 0.25) is 0 Å². The van der Waals surface area contributed by atoms with Crippen molar-refractivity contribution in [1.82, 2.24) is 14.5 Å². The molecule has 0 spiro atoms. The second-order valence-corrected chi connectivity index (χ2v) is 20.8. The Balaban J connectivity index is 1.63. The maximum atomic E-state index is 12.8. The maximum Gasteiger partial charge on any atom is 0.149 e. The van der Waals surface area contributed by atoms with Gasteiger partial charge in [0.1, 0.15) is 11.6 Å². The predicted octanol–water partition coefficient (Wildman–Crippen LogP) is 17.2. The molecule has 0 aliphatic carbocycles. The molecule has 4 nitrogen and oxygen atoms in total. The smallest absolute Gasteiger partial charge is 0.149 e. The van der Waals surface area contributed by atoms with Crippen LogP contribution in [0.25, 0.3) is 72.7 Å². The fraction of sp³-hybridized carbons (Fsp3) is 0.323. The lowest BCUT2D eigenvalue weighted by Crippen LogP contribution is -2.17. The van der Waals surface area contributed by atoms with Gasteiger partial charge in [-0.15, -0.1) is 0 Å². The lowest BCUT2D eigenvalue weighted by atomic mass is 9.78. The number of hydrogen-bond acceptors (Lipinski definition) is 3. The van der Waals surface area contributed by atoms with Gasteiger partial charge in [0.15, 0.2) is 0 Å². The summed E-state index contributed by atoms with van der Waals surface area (Å²) >= 11 is 0. The van der Waals surface area contributed by atoms with Gasteiger partial charge in [-0.3, -0.25) is 9.55 Å². The van der Waals surface area contributed by atoms with Crippen LogP contribution < -0.4 is 0 Å². The lowest BCUT2D eigenvalue weighted by molar-refractivity contribution is 0.446. The molecule has 2 aromatic heterocycles. The van der Waals surface area contributed by atoms with Gasteiger partial charge < -0.3 is 5.11 Å².